The maximum atomic E-state index is 9.49. The van der Waals surface area contributed by atoms with Crippen LogP contribution in [0.3, 0.4) is 0 Å². The van der Waals surface area contributed by atoms with Crippen LogP contribution in [0.4, 0.5) is 23.1 Å². The zero-order chi connectivity index (χ0) is 24.4. The maximum Gasteiger partial charge on any atom is 0.247 e. The molecule has 180 valence electrons. The molecule has 12 heteroatoms. The molecule has 1 aromatic carbocycles. The summed E-state index contributed by atoms with van der Waals surface area (Å²) >= 11 is 6.70. The Morgan fingerprint density at radius 1 is 1.14 bits per heavy atom. The van der Waals surface area contributed by atoms with Gasteiger partial charge >= 0.3 is 0 Å². The second-order valence-corrected chi connectivity index (χ2v) is 9.16. The van der Waals surface area contributed by atoms with Crippen molar-refractivity contribution in [1.29, 1.82) is 10.5 Å². The number of imidazole rings is 1. The molecule has 0 unspecified atom stereocenters. The molecule has 6 rings (SSSR count). The van der Waals surface area contributed by atoms with Crippen molar-refractivity contribution in [2.24, 2.45) is 5.73 Å². The van der Waals surface area contributed by atoms with Crippen molar-refractivity contribution < 1.29 is 4.74 Å². The molecule has 0 spiro atoms. The normalized spacial score (nSPS) is 17.2. The fourth-order valence-electron chi connectivity index (χ4n) is 3.86. The van der Waals surface area contributed by atoms with Crippen LogP contribution < -0.4 is 21.3 Å². The summed E-state index contributed by atoms with van der Waals surface area (Å²) in [5.41, 5.74) is 7.94. The van der Waals surface area contributed by atoms with Gasteiger partial charge < -0.3 is 26.0 Å². The van der Waals surface area contributed by atoms with Crippen LogP contribution >= 0.6 is 11.6 Å². The minimum atomic E-state index is 0.268. The minimum absolute atomic E-state index is 0.268. The van der Waals surface area contributed by atoms with Crippen LogP contribution in [-0.4, -0.2) is 58.0 Å². The van der Waals surface area contributed by atoms with E-state index in [0.717, 1.165) is 57.7 Å². The molecule has 1 aliphatic carbocycles. The first-order valence-corrected chi connectivity index (χ1v) is 11.9. The van der Waals surface area contributed by atoms with E-state index in [1.54, 1.807) is 6.07 Å². The van der Waals surface area contributed by atoms with Gasteiger partial charge in [-0.05, 0) is 37.8 Å². The number of nitrogens with one attached hydrogen (secondary N) is 2. The SMILES string of the molecule is N#Cc1cc(Nc2nc(NC3CC3)c3ncc(C#N)n3n2)c(Cl)c(N2CCCC2)c1.NC1COC1. The zero-order valence-electron chi connectivity index (χ0n) is 19.0. The van der Waals surface area contributed by atoms with Gasteiger partial charge in [0.1, 0.15) is 6.07 Å². The van der Waals surface area contributed by atoms with E-state index in [1.165, 1.54) is 10.7 Å². The van der Waals surface area contributed by atoms with Gasteiger partial charge in [0, 0.05) is 19.1 Å². The lowest BCUT2D eigenvalue weighted by molar-refractivity contribution is 0.0121. The second kappa shape index (κ2) is 9.92. The molecule has 0 bridgehead atoms. The third kappa shape index (κ3) is 5.08. The number of ether oxygens (including phenoxy) is 1. The van der Waals surface area contributed by atoms with E-state index in [9.17, 15) is 10.5 Å². The van der Waals surface area contributed by atoms with E-state index in [2.05, 4.69) is 42.7 Å². The first-order chi connectivity index (χ1) is 17.1. The number of halogens is 1. The number of nitrogens with two attached hydrogens (primary N) is 1. The number of nitriles is 2. The molecule has 3 aliphatic rings. The standard InChI is InChI=1S/C20H18ClN9.C3H7NO/c21-17-15(7-12(9-22)8-16(17)29-5-1-2-6-29)26-20-27-18(25-13-3-4-13)19-24-11-14(10-23)30(19)28-20;4-3-1-5-2-3/h7-8,11,13H,1-6H2,(H2,25,26,27,28);3H,1-2,4H2. The highest BCUT2D eigenvalue weighted by molar-refractivity contribution is 6.36. The summed E-state index contributed by atoms with van der Waals surface area (Å²) in [5.74, 6) is 0.827. The smallest absolute Gasteiger partial charge is 0.247 e. The highest BCUT2D eigenvalue weighted by atomic mass is 35.5. The summed E-state index contributed by atoms with van der Waals surface area (Å²) in [4.78, 5) is 11.0. The van der Waals surface area contributed by atoms with Gasteiger partial charge in [-0.2, -0.15) is 20.0 Å². The van der Waals surface area contributed by atoms with E-state index >= 15 is 0 Å². The molecule has 2 aliphatic heterocycles. The lowest BCUT2D eigenvalue weighted by Gasteiger charge is -2.21. The van der Waals surface area contributed by atoms with Crippen LogP contribution in [0, 0.1) is 22.7 Å². The molecule has 1 saturated carbocycles. The monoisotopic (exact) mass is 492 g/mol. The van der Waals surface area contributed by atoms with Gasteiger partial charge in [0.2, 0.25) is 5.95 Å². The molecule has 0 atom stereocenters. The molecule has 0 radical (unpaired) electrons. The molecule has 4 N–H and O–H groups in total. The number of benzene rings is 1. The molecule has 35 heavy (non-hydrogen) atoms. The topological polar surface area (TPSA) is 153 Å². The van der Waals surface area contributed by atoms with E-state index in [1.807, 2.05) is 6.07 Å². The molecule has 3 aromatic rings. The summed E-state index contributed by atoms with van der Waals surface area (Å²) in [6, 6.07) is 8.48. The molecule has 11 nitrogen and oxygen atoms in total. The van der Waals surface area contributed by atoms with Crippen molar-refractivity contribution in [3.63, 3.8) is 0 Å². The number of hydrogen-bond acceptors (Lipinski definition) is 10. The molecule has 2 aromatic heterocycles. The van der Waals surface area contributed by atoms with Gasteiger partial charge in [-0.15, -0.1) is 5.10 Å². The van der Waals surface area contributed by atoms with Gasteiger partial charge in [0.15, 0.2) is 17.2 Å². The highest BCUT2D eigenvalue weighted by Crippen LogP contribution is 2.37. The Morgan fingerprint density at radius 2 is 1.89 bits per heavy atom. The minimum Gasteiger partial charge on any atom is -0.378 e. The number of rotatable bonds is 5. The summed E-state index contributed by atoms with van der Waals surface area (Å²) in [6.45, 7) is 3.35. The summed E-state index contributed by atoms with van der Waals surface area (Å²) in [6.07, 6.45) is 5.81. The number of aromatic nitrogens is 4. The van der Waals surface area contributed by atoms with E-state index in [-0.39, 0.29) is 5.95 Å². The molecule has 2 saturated heterocycles. The fourth-order valence-corrected chi connectivity index (χ4v) is 4.13. The number of nitrogens with zero attached hydrogens (tertiary/aromatic N) is 7. The van der Waals surface area contributed by atoms with Gasteiger partial charge in [0.25, 0.3) is 0 Å². The summed E-state index contributed by atoms with van der Waals surface area (Å²) in [7, 11) is 0. The summed E-state index contributed by atoms with van der Waals surface area (Å²) in [5, 5.41) is 30.3. The quantitative estimate of drug-likeness (QED) is 0.484. The van der Waals surface area contributed by atoms with E-state index < -0.39 is 0 Å². The number of anilines is 4. The predicted molar refractivity (Wildman–Crippen MR) is 132 cm³/mol. The van der Waals surface area contributed by atoms with E-state index in [0.29, 0.717) is 45.5 Å². The van der Waals surface area contributed by atoms with Crippen molar-refractivity contribution in [3.05, 3.63) is 34.6 Å². The van der Waals surface area contributed by atoms with Crippen molar-refractivity contribution in [3.8, 4) is 12.1 Å². The van der Waals surface area contributed by atoms with Crippen LogP contribution in [0.25, 0.3) is 5.65 Å². The first kappa shape index (κ1) is 23.1. The third-order valence-corrected chi connectivity index (χ3v) is 6.33. The Hall–Kier alpha value is -3.64. The van der Waals surface area contributed by atoms with Crippen molar-refractivity contribution in [2.45, 2.75) is 37.8 Å². The number of hydrogen-bond donors (Lipinski definition) is 3. The highest BCUT2D eigenvalue weighted by Gasteiger charge is 2.25. The molecular formula is C23H25ClN10O. The lowest BCUT2D eigenvalue weighted by Crippen LogP contribution is -2.41. The Kier molecular flexibility index (Phi) is 6.55. The Labute approximate surface area is 207 Å². The Bertz CT molecular complexity index is 1310. The van der Waals surface area contributed by atoms with Crippen LogP contribution in [0.5, 0.6) is 0 Å². The first-order valence-electron chi connectivity index (χ1n) is 11.6. The summed E-state index contributed by atoms with van der Waals surface area (Å²) < 4.78 is 6.17. The van der Waals surface area contributed by atoms with Crippen molar-refractivity contribution >= 4 is 40.4 Å². The van der Waals surface area contributed by atoms with Crippen LogP contribution in [-0.2, 0) is 4.74 Å². The lowest BCUT2D eigenvalue weighted by atomic mass is 10.1. The second-order valence-electron chi connectivity index (χ2n) is 8.78. The average molecular weight is 493 g/mol. The van der Waals surface area contributed by atoms with Crippen LogP contribution in [0.2, 0.25) is 5.02 Å². The Balaban J connectivity index is 0.000000453. The van der Waals surface area contributed by atoms with Gasteiger partial charge in [-0.25, -0.2) is 4.98 Å². The van der Waals surface area contributed by atoms with E-state index in [4.69, 9.17) is 22.1 Å². The molecule has 0 amide bonds. The average Bonchev–Trinajstić information content (AvgIpc) is 3.32. The van der Waals surface area contributed by atoms with Crippen molar-refractivity contribution in [2.75, 3.05) is 41.8 Å². The maximum absolute atomic E-state index is 9.49. The zero-order valence-corrected chi connectivity index (χ0v) is 19.8. The molecule has 3 fully saturated rings. The van der Waals surface area contributed by atoms with Crippen LogP contribution in [0.15, 0.2) is 18.3 Å². The Morgan fingerprint density at radius 3 is 2.49 bits per heavy atom. The fraction of sp³-hybridized carbons (Fsp3) is 0.435. The van der Waals surface area contributed by atoms with Gasteiger partial charge in [-0.1, -0.05) is 11.6 Å². The largest absolute Gasteiger partial charge is 0.378 e. The molecular weight excluding hydrogens is 468 g/mol. The van der Waals surface area contributed by atoms with Crippen molar-refractivity contribution in [1.82, 2.24) is 19.6 Å². The van der Waals surface area contributed by atoms with Gasteiger partial charge in [0.05, 0.1) is 53.5 Å². The molecule has 4 heterocycles. The van der Waals surface area contributed by atoms with Gasteiger partial charge in [-0.3, -0.25) is 0 Å². The third-order valence-electron chi connectivity index (χ3n) is 5.93. The van der Waals surface area contributed by atoms with Crippen LogP contribution in [0.1, 0.15) is 36.9 Å². The number of fused-ring (bicyclic) bond motifs is 1. The predicted octanol–water partition coefficient (Wildman–Crippen LogP) is 2.78.